The molecule has 1 atom stereocenters. The maximum atomic E-state index is 5.30. The summed E-state index contributed by atoms with van der Waals surface area (Å²) in [7, 11) is 0. The summed E-state index contributed by atoms with van der Waals surface area (Å²) in [6.07, 6.45) is 5.41. The zero-order chi connectivity index (χ0) is 13.7. The van der Waals surface area contributed by atoms with Gasteiger partial charge in [0.05, 0.1) is 0 Å². The van der Waals surface area contributed by atoms with Gasteiger partial charge in [-0.3, -0.25) is 4.98 Å². The van der Waals surface area contributed by atoms with Crippen LogP contribution in [0.3, 0.4) is 0 Å². The Balaban J connectivity index is 2.05. The van der Waals surface area contributed by atoms with Crippen LogP contribution in [-0.2, 0) is 6.42 Å². The van der Waals surface area contributed by atoms with Crippen molar-refractivity contribution in [3.05, 3.63) is 29.9 Å². The molecular formula is C14H20N4O. The van der Waals surface area contributed by atoms with Crippen molar-refractivity contribution in [1.82, 2.24) is 20.4 Å². The molecule has 0 aliphatic rings. The number of nitrogens with zero attached hydrogens (tertiary/aromatic N) is 3. The third-order valence-corrected chi connectivity index (χ3v) is 2.95. The lowest BCUT2D eigenvalue weighted by atomic mass is 10.1. The molecule has 0 spiro atoms. The fourth-order valence-corrected chi connectivity index (χ4v) is 1.90. The summed E-state index contributed by atoms with van der Waals surface area (Å²) in [4.78, 5) is 8.51. The van der Waals surface area contributed by atoms with Crippen LogP contribution >= 0.6 is 0 Å². The Hall–Kier alpha value is -1.75. The largest absolute Gasteiger partial charge is 0.339 e. The molecule has 0 amide bonds. The second-order valence-electron chi connectivity index (χ2n) is 4.76. The molecule has 102 valence electrons. The quantitative estimate of drug-likeness (QED) is 0.863. The van der Waals surface area contributed by atoms with Gasteiger partial charge in [-0.25, -0.2) is 0 Å². The minimum absolute atomic E-state index is 0.340. The van der Waals surface area contributed by atoms with Crippen molar-refractivity contribution in [2.45, 2.75) is 39.7 Å². The SMILES string of the molecule is CCCNC(C)Cc1nc(-c2ccncc2C)no1. The first-order chi connectivity index (χ1) is 9.20. The van der Waals surface area contributed by atoms with E-state index in [2.05, 4.69) is 34.3 Å². The van der Waals surface area contributed by atoms with Crippen LogP contribution in [0, 0.1) is 6.92 Å². The maximum Gasteiger partial charge on any atom is 0.228 e. The van der Waals surface area contributed by atoms with E-state index in [1.54, 1.807) is 12.4 Å². The molecule has 0 saturated heterocycles. The maximum absolute atomic E-state index is 5.30. The van der Waals surface area contributed by atoms with E-state index in [4.69, 9.17) is 4.52 Å². The van der Waals surface area contributed by atoms with Gasteiger partial charge in [-0.05, 0) is 38.4 Å². The average molecular weight is 260 g/mol. The lowest BCUT2D eigenvalue weighted by Crippen LogP contribution is -2.28. The Morgan fingerprint density at radius 3 is 3.00 bits per heavy atom. The Labute approximate surface area is 113 Å². The Morgan fingerprint density at radius 1 is 1.42 bits per heavy atom. The second-order valence-corrected chi connectivity index (χ2v) is 4.76. The second kappa shape index (κ2) is 6.43. The van der Waals surface area contributed by atoms with Crippen molar-refractivity contribution in [1.29, 1.82) is 0 Å². The van der Waals surface area contributed by atoms with Crippen molar-refractivity contribution in [3.63, 3.8) is 0 Å². The molecule has 0 aromatic carbocycles. The molecule has 2 aromatic rings. The first-order valence-electron chi connectivity index (χ1n) is 6.67. The molecule has 0 radical (unpaired) electrons. The van der Waals surface area contributed by atoms with Gasteiger partial charge >= 0.3 is 0 Å². The molecule has 0 aliphatic heterocycles. The first-order valence-corrected chi connectivity index (χ1v) is 6.67. The molecule has 19 heavy (non-hydrogen) atoms. The molecule has 5 heteroatoms. The highest BCUT2D eigenvalue weighted by Gasteiger charge is 2.12. The average Bonchev–Trinajstić information content (AvgIpc) is 2.85. The molecule has 5 nitrogen and oxygen atoms in total. The van der Waals surface area contributed by atoms with Crippen LogP contribution in [0.25, 0.3) is 11.4 Å². The van der Waals surface area contributed by atoms with E-state index in [1.807, 2.05) is 13.0 Å². The monoisotopic (exact) mass is 260 g/mol. The van der Waals surface area contributed by atoms with Gasteiger partial charge in [0.25, 0.3) is 0 Å². The van der Waals surface area contributed by atoms with E-state index in [0.29, 0.717) is 17.8 Å². The zero-order valence-electron chi connectivity index (χ0n) is 11.7. The summed E-state index contributed by atoms with van der Waals surface area (Å²) in [6, 6.07) is 2.25. The Kier molecular flexibility index (Phi) is 4.63. The number of nitrogens with one attached hydrogen (secondary N) is 1. The van der Waals surface area contributed by atoms with Gasteiger partial charge in [0.2, 0.25) is 11.7 Å². The summed E-state index contributed by atoms with van der Waals surface area (Å²) in [5.74, 6) is 1.31. The molecule has 1 unspecified atom stereocenters. The summed E-state index contributed by atoms with van der Waals surface area (Å²) < 4.78 is 5.30. The van der Waals surface area contributed by atoms with E-state index in [-0.39, 0.29) is 0 Å². The first kappa shape index (κ1) is 13.7. The van der Waals surface area contributed by atoms with Gasteiger partial charge < -0.3 is 9.84 Å². The number of hydrogen-bond donors (Lipinski definition) is 1. The highest BCUT2D eigenvalue weighted by molar-refractivity contribution is 5.57. The standard InChI is InChI=1S/C14H20N4O/c1-4-6-16-11(3)8-13-17-14(18-19-13)12-5-7-15-9-10(12)2/h5,7,9,11,16H,4,6,8H2,1-3H3. The summed E-state index contributed by atoms with van der Waals surface area (Å²) >= 11 is 0. The Bertz CT molecular complexity index is 524. The number of pyridine rings is 1. The van der Waals surface area contributed by atoms with E-state index in [0.717, 1.165) is 30.5 Å². The number of aromatic nitrogens is 3. The van der Waals surface area contributed by atoms with Crippen molar-refractivity contribution < 1.29 is 4.52 Å². The fraction of sp³-hybridized carbons (Fsp3) is 0.500. The zero-order valence-corrected chi connectivity index (χ0v) is 11.7. The highest BCUT2D eigenvalue weighted by atomic mass is 16.5. The van der Waals surface area contributed by atoms with Crippen molar-refractivity contribution in [3.8, 4) is 11.4 Å². The molecule has 2 heterocycles. The van der Waals surface area contributed by atoms with E-state index in [1.165, 1.54) is 0 Å². The van der Waals surface area contributed by atoms with Crippen LogP contribution in [0.5, 0.6) is 0 Å². The van der Waals surface area contributed by atoms with Crippen LogP contribution in [-0.4, -0.2) is 27.7 Å². The number of hydrogen-bond acceptors (Lipinski definition) is 5. The van der Waals surface area contributed by atoms with Crippen LogP contribution < -0.4 is 5.32 Å². The minimum Gasteiger partial charge on any atom is -0.339 e. The predicted octanol–water partition coefficient (Wildman–Crippen LogP) is 2.37. The summed E-state index contributed by atoms with van der Waals surface area (Å²) in [5, 5.41) is 7.44. The van der Waals surface area contributed by atoms with Crippen LogP contribution in [0.2, 0.25) is 0 Å². The predicted molar refractivity (Wildman–Crippen MR) is 73.7 cm³/mol. The molecule has 2 aromatic heterocycles. The van der Waals surface area contributed by atoms with Crippen LogP contribution in [0.15, 0.2) is 23.0 Å². The van der Waals surface area contributed by atoms with E-state index in [9.17, 15) is 0 Å². The normalized spacial score (nSPS) is 12.6. The topological polar surface area (TPSA) is 63.8 Å². The summed E-state index contributed by atoms with van der Waals surface area (Å²) in [6.45, 7) is 7.27. The fourth-order valence-electron chi connectivity index (χ4n) is 1.90. The van der Waals surface area contributed by atoms with Crippen LogP contribution in [0.4, 0.5) is 0 Å². The van der Waals surface area contributed by atoms with Gasteiger partial charge in [-0.2, -0.15) is 4.98 Å². The van der Waals surface area contributed by atoms with Crippen molar-refractivity contribution >= 4 is 0 Å². The molecule has 0 saturated carbocycles. The van der Waals surface area contributed by atoms with Crippen molar-refractivity contribution in [2.24, 2.45) is 0 Å². The third kappa shape index (κ3) is 3.61. The molecule has 0 aliphatic carbocycles. The third-order valence-electron chi connectivity index (χ3n) is 2.95. The minimum atomic E-state index is 0.340. The smallest absolute Gasteiger partial charge is 0.228 e. The van der Waals surface area contributed by atoms with E-state index >= 15 is 0 Å². The van der Waals surface area contributed by atoms with Gasteiger partial charge in [-0.15, -0.1) is 0 Å². The van der Waals surface area contributed by atoms with E-state index < -0.39 is 0 Å². The van der Waals surface area contributed by atoms with Gasteiger partial charge in [0.15, 0.2) is 0 Å². The molecule has 0 fully saturated rings. The van der Waals surface area contributed by atoms with Gasteiger partial charge in [0, 0.05) is 30.4 Å². The lowest BCUT2D eigenvalue weighted by Gasteiger charge is -2.09. The van der Waals surface area contributed by atoms with Gasteiger partial charge in [-0.1, -0.05) is 12.1 Å². The lowest BCUT2D eigenvalue weighted by molar-refractivity contribution is 0.362. The summed E-state index contributed by atoms with van der Waals surface area (Å²) in [5.41, 5.74) is 2.02. The van der Waals surface area contributed by atoms with Crippen LogP contribution in [0.1, 0.15) is 31.7 Å². The molecule has 1 N–H and O–H groups in total. The molecule has 2 rings (SSSR count). The number of aryl methyl sites for hydroxylation is 1. The van der Waals surface area contributed by atoms with Crippen molar-refractivity contribution in [2.75, 3.05) is 6.54 Å². The number of rotatable bonds is 6. The Morgan fingerprint density at radius 2 is 2.26 bits per heavy atom. The highest BCUT2D eigenvalue weighted by Crippen LogP contribution is 2.19. The molecule has 0 bridgehead atoms. The molecular weight excluding hydrogens is 240 g/mol. The van der Waals surface area contributed by atoms with Gasteiger partial charge in [0.1, 0.15) is 0 Å².